The quantitative estimate of drug-likeness (QED) is 0.703. The Hall–Kier alpha value is -0.0800. The van der Waals surface area contributed by atoms with Crippen LogP contribution < -0.4 is 5.32 Å². The predicted octanol–water partition coefficient (Wildman–Crippen LogP) is 2.10. The van der Waals surface area contributed by atoms with E-state index in [0.29, 0.717) is 12.1 Å². The van der Waals surface area contributed by atoms with Gasteiger partial charge in [-0.15, -0.1) is 0 Å². The second-order valence-corrected chi connectivity index (χ2v) is 4.82. The van der Waals surface area contributed by atoms with Gasteiger partial charge in [0, 0.05) is 18.6 Å². The molecule has 1 aliphatic carbocycles. The van der Waals surface area contributed by atoms with E-state index in [2.05, 4.69) is 38.0 Å². The number of nitrogens with one attached hydrogen (secondary N) is 1. The average Bonchev–Trinajstić information content (AvgIpc) is 2.10. The van der Waals surface area contributed by atoms with Crippen molar-refractivity contribution >= 4 is 0 Å². The molecule has 1 N–H and O–H groups in total. The van der Waals surface area contributed by atoms with E-state index < -0.39 is 0 Å². The van der Waals surface area contributed by atoms with Crippen LogP contribution >= 0.6 is 0 Å². The van der Waals surface area contributed by atoms with Gasteiger partial charge in [0.1, 0.15) is 0 Å². The minimum Gasteiger partial charge on any atom is -0.313 e. The molecule has 0 bridgehead atoms. The molecule has 2 nitrogen and oxygen atoms in total. The summed E-state index contributed by atoms with van der Waals surface area (Å²) in [5.41, 5.74) is 0. The van der Waals surface area contributed by atoms with Gasteiger partial charge in [-0.1, -0.05) is 13.3 Å². The second kappa shape index (κ2) is 5.72. The summed E-state index contributed by atoms with van der Waals surface area (Å²) >= 11 is 0. The van der Waals surface area contributed by atoms with Crippen molar-refractivity contribution < 1.29 is 0 Å². The Morgan fingerprint density at radius 3 is 2.43 bits per heavy atom. The van der Waals surface area contributed by atoms with Crippen molar-refractivity contribution in [3.05, 3.63) is 0 Å². The van der Waals surface area contributed by atoms with Crippen molar-refractivity contribution in [3.63, 3.8) is 0 Å². The van der Waals surface area contributed by atoms with Crippen LogP contribution in [-0.4, -0.2) is 37.1 Å². The van der Waals surface area contributed by atoms with Crippen LogP contribution in [0.3, 0.4) is 0 Å². The number of hydrogen-bond donors (Lipinski definition) is 1. The largest absolute Gasteiger partial charge is 0.313 e. The third kappa shape index (κ3) is 3.25. The van der Waals surface area contributed by atoms with Gasteiger partial charge in [0.05, 0.1) is 0 Å². The fourth-order valence-electron chi connectivity index (χ4n) is 2.12. The summed E-state index contributed by atoms with van der Waals surface area (Å²) in [4.78, 5) is 2.51. The molecule has 2 atom stereocenters. The highest BCUT2D eigenvalue weighted by atomic mass is 15.2. The first-order valence-corrected chi connectivity index (χ1v) is 6.08. The van der Waals surface area contributed by atoms with E-state index in [1.807, 2.05) is 0 Å². The minimum atomic E-state index is 0.602. The van der Waals surface area contributed by atoms with E-state index in [1.165, 1.54) is 25.8 Å². The summed E-state index contributed by atoms with van der Waals surface area (Å²) in [6.07, 6.45) is 4.36. The maximum atomic E-state index is 3.49. The summed E-state index contributed by atoms with van der Waals surface area (Å²) in [6, 6.07) is 1.25. The lowest BCUT2D eigenvalue weighted by Gasteiger charge is -2.36. The molecule has 1 rings (SSSR count). The standard InChI is InChI=1S/C12H26N2/c1-5-13-10(2)11(3)14(4)9-12-7-6-8-12/h10-13H,5-9H2,1-4H3. The van der Waals surface area contributed by atoms with Crippen molar-refractivity contribution in [2.75, 3.05) is 20.1 Å². The van der Waals surface area contributed by atoms with Crippen LogP contribution in [-0.2, 0) is 0 Å². The molecule has 0 spiro atoms. The Morgan fingerprint density at radius 1 is 1.36 bits per heavy atom. The molecule has 0 heterocycles. The van der Waals surface area contributed by atoms with Crippen LogP contribution in [0.1, 0.15) is 40.0 Å². The first-order valence-electron chi connectivity index (χ1n) is 6.08. The van der Waals surface area contributed by atoms with Gasteiger partial charge < -0.3 is 10.2 Å². The first-order chi connectivity index (χ1) is 6.65. The lowest BCUT2D eigenvalue weighted by Crippen LogP contribution is -2.47. The Balaban J connectivity index is 2.23. The van der Waals surface area contributed by atoms with Crippen LogP contribution in [0.5, 0.6) is 0 Å². The Morgan fingerprint density at radius 2 is 2.00 bits per heavy atom. The van der Waals surface area contributed by atoms with E-state index in [0.717, 1.165) is 12.5 Å². The van der Waals surface area contributed by atoms with Gasteiger partial charge in [-0.2, -0.15) is 0 Å². The van der Waals surface area contributed by atoms with Gasteiger partial charge in [0.2, 0.25) is 0 Å². The van der Waals surface area contributed by atoms with E-state index in [1.54, 1.807) is 0 Å². The first kappa shape index (κ1) is 12.0. The maximum Gasteiger partial charge on any atom is 0.0215 e. The Kier molecular flexibility index (Phi) is 4.90. The number of rotatable bonds is 6. The summed E-state index contributed by atoms with van der Waals surface area (Å²) < 4.78 is 0. The van der Waals surface area contributed by atoms with Gasteiger partial charge in [-0.05, 0) is 46.2 Å². The zero-order valence-electron chi connectivity index (χ0n) is 10.2. The Labute approximate surface area is 89.1 Å². The third-order valence-electron chi connectivity index (χ3n) is 3.72. The third-order valence-corrected chi connectivity index (χ3v) is 3.72. The van der Waals surface area contributed by atoms with Gasteiger partial charge in [-0.25, -0.2) is 0 Å². The molecule has 84 valence electrons. The molecule has 0 aromatic carbocycles. The molecular formula is C12H26N2. The second-order valence-electron chi connectivity index (χ2n) is 4.82. The molecule has 1 saturated carbocycles. The van der Waals surface area contributed by atoms with E-state index in [4.69, 9.17) is 0 Å². The molecule has 0 saturated heterocycles. The van der Waals surface area contributed by atoms with Crippen molar-refractivity contribution in [3.8, 4) is 0 Å². The highest BCUT2D eigenvalue weighted by Crippen LogP contribution is 2.27. The van der Waals surface area contributed by atoms with Crippen LogP contribution in [0.15, 0.2) is 0 Å². The highest BCUT2D eigenvalue weighted by molar-refractivity contribution is 4.79. The molecule has 0 aliphatic heterocycles. The molecule has 2 unspecified atom stereocenters. The monoisotopic (exact) mass is 198 g/mol. The van der Waals surface area contributed by atoms with Crippen molar-refractivity contribution in [1.29, 1.82) is 0 Å². The molecular weight excluding hydrogens is 172 g/mol. The van der Waals surface area contributed by atoms with Gasteiger partial charge in [0.25, 0.3) is 0 Å². The molecule has 0 radical (unpaired) electrons. The number of likely N-dealkylation sites (N-methyl/N-ethyl adjacent to an activating group) is 2. The fraction of sp³-hybridized carbons (Fsp3) is 1.00. The molecule has 0 aromatic heterocycles. The van der Waals surface area contributed by atoms with E-state index >= 15 is 0 Å². The zero-order chi connectivity index (χ0) is 10.6. The van der Waals surface area contributed by atoms with E-state index in [9.17, 15) is 0 Å². The molecule has 0 amide bonds. The zero-order valence-corrected chi connectivity index (χ0v) is 10.2. The minimum absolute atomic E-state index is 0.602. The summed E-state index contributed by atoms with van der Waals surface area (Å²) in [5, 5.41) is 3.49. The maximum absolute atomic E-state index is 3.49. The van der Waals surface area contributed by atoms with Crippen LogP contribution in [0.2, 0.25) is 0 Å². The molecule has 14 heavy (non-hydrogen) atoms. The lowest BCUT2D eigenvalue weighted by molar-refractivity contribution is 0.149. The molecule has 1 fully saturated rings. The molecule has 2 heteroatoms. The highest BCUT2D eigenvalue weighted by Gasteiger charge is 2.23. The fourth-order valence-corrected chi connectivity index (χ4v) is 2.12. The normalized spacial score (nSPS) is 22.1. The summed E-state index contributed by atoms with van der Waals surface area (Å²) in [6.45, 7) is 9.15. The van der Waals surface area contributed by atoms with Gasteiger partial charge in [-0.3, -0.25) is 0 Å². The average molecular weight is 198 g/mol. The van der Waals surface area contributed by atoms with Crippen molar-refractivity contribution in [1.82, 2.24) is 10.2 Å². The van der Waals surface area contributed by atoms with Crippen LogP contribution in [0.25, 0.3) is 0 Å². The van der Waals surface area contributed by atoms with Gasteiger partial charge in [0.15, 0.2) is 0 Å². The summed E-state index contributed by atoms with van der Waals surface area (Å²) in [7, 11) is 2.26. The molecule has 1 aliphatic rings. The van der Waals surface area contributed by atoms with Crippen LogP contribution in [0.4, 0.5) is 0 Å². The smallest absolute Gasteiger partial charge is 0.0215 e. The van der Waals surface area contributed by atoms with Gasteiger partial charge >= 0.3 is 0 Å². The molecule has 0 aromatic rings. The SMILES string of the molecule is CCNC(C)C(C)N(C)CC1CCC1. The Bertz CT molecular complexity index is 154. The van der Waals surface area contributed by atoms with E-state index in [-0.39, 0.29) is 0 Å². The lowest BCUT2D eigenvalue weighted by atomic mass is 9.85. The van der Waals surface area contributed by atoms with Crippen LogP contribution in [0, 0.1) is 5.92 Å². The number of nitrogens with zero attached hydrogens (tertiary/aromatic N) is 1. The number of hydrogen-bond acceptors (Lipinski definition) is 2. The van der Waals surface area contributed by atoms with Crippen molar-refractivity contribution in [2.45, 2.75) is 52.1 Å². The van der Waals surface area contributed by atoms with Crippen molar-refractivity contribution in [2.24, 2.45) is 5.92 Å². The topological polar surface area (TPSA) is 15.3 Å². The predicted molar refractivity (Wildman–Crippen MR) is 62.6 cm³/mol. The summed E-state index contributed by atoms with van der Waals surface area (Å²) in [5.74, 6) is 0.983.